The van der Waals surface area contributed by atoms with Crippen LogP contribution in [0.5, 0.6) is 0 Å². The molecule has 3 atom stereocenters. The minimum atomic E-state index is 0.0170. The van der Waals surface area contributed by atoms with Crippen molar-refractivity contribution in [3.05, 3.63) is 34.9 Å². The van der Waals surface area contributed by atoms with Crippen molar-refractivity contribution in [2.45, 2.75) is 50.6 Å². The van der Waals surface area contributed by atoms with E-state index in [1.165, 1.54) is 31.2 Å². The molecule has 1 aliphatic heterocycles. The zero-order chi connectivity index (χ0) is 14.7. The van der Waals surface area contributed by atoms with E-state index in [2.05, 4.69) is 10.6 Å². The number of hydrogen-bond donors (Lipinski definition) is 2. The molecule has 1 heterocycles. The Hall–Kier alpha value is -1.06. The Kier molecular flexibility index (Phi) is 4.81. The zero-order valence-electron chi connectivity index (χ0n) is 12.3. The van der Waals surface area contributed by atoms with Crippen LogP contribution >= 0.6 is 11.6 Å². The molecule has 1 aromatic carbocycles. The molecule has 4 heteroatoms. The first-order valence-corrected chi connectivity index (χ1v) is 8.38. The molecule has 0 spiro atoms. The summed E-state index contributed by atoms with van der Waals surface area (Å²) in [5.74, 6) is 0.879. The first kappa shape index (κ1) is 14.9. The van der Waals surface area contributed by atoms with Crippen molar-refractivity contribution in [2.75, 3.05) is 6.54 Å². The molecule has 1 saturated heterocycles. The van der Waals surface area contributed by atoms with Crippen LogP contribution in [0, 0.1) is 5.92 Å². The number of halogens is 1. The average molecular weight is 307 g/mol. The van der Waals surface area contributed by atoms with Crippen LogP contribution in [-0.4, -0.2) is 24.5 Å². The molecule has 3 unspecified atom stereocenters. The zero-order valence-corrected chi connectivity index (χ0v) is 13.0. The normalized spacial score (nSPS) is 28.1. The van der Waals surface area contributed by atoms with E-state index in [-0.39, 0.29) is 11.9 Å². The lowest BCUT2D eigenvalue weighted by molar-refractivity contribution is -0.122. The van der Waals surface area contributed by atoms with Crippen LogP contribution in [0.3, 0.4) is 0 Å². The standard InChI is InChI=1S/C17H23ClN2O/c18-14-7-5-12(6-8-14)9-10-19-17(21)16-11-13-3-1-2-4-15(13)20-16/h5-8,13,15-16,20H,1-4,9-11H2,(H,19,21). The highest BCUT2D eigenvalue weighted by molar-refractivity contribution is 6.30. The Labute approximate surface area is 131 Å². The first-order chi connectivity index (χ1) is 10.2. The molecule has 3 rings (SSSR count). The Morgan fingerprint density at radius 3 is 2.76 bits per heavy atom. The van der Waals surface area contributed by atoms with Gasteiger partial charge in [0.1, 0.15) is 0 Å². The number of amides is 1. The number of carbonyl (C=O) groups is 1. The van der Waals surface area contributed by atoms with E-state index in [0.29, 0.717) is 18.5 Å². The predicted octanol–water partition coefficient (Wildman–Crippen LogP) is 2.92. The Bertz CT molecular complexity index is 474. The molecule has 2 aliphatic rings. The van der Waals surface area contributed by atoms with E-state index in [1.807, 2.05) is 24.3 Å². The fraction of sp³-hybridized carbons (Fsp3) is 0.588. The average Bonchev–Trinajstić information content (AvgIpc) is 2.93. The molecule has 3 nitrogen and oxygen atoms in total. The van der Waals surface area contributed by atoms with E-state index < -0.39 is 0 Å². The van der Waals surface area contributed by atoms with Crippen LogP contribution in [-0.2, 0) is 11.2 Å². The van der Waals surface area contributed by atoms with Crippen LogP contribution in [0.4, 0.5) is 0 Å². The molecule has 114 valence electrons. The van der Waals surface area contributed by atoms with Gasteiger partial charge in [0.05, 0.1) is 6.04 Å². The SMILES string of the molecule is O=C(NCCc1ccc(Cl)cc1)C1CC2CCCCC2N1. The summed E-state index contributed by atoms with van der Waals surface area (Å²) >= 11 is 5.86. The van der Waals surface area contributed by atoms with Crippen LogP contribution in [0.15, 0.2) is 24.3 Å². The van der Waals surface area contributed by atoms with E-state index in [0.717, 1.165) is 17.9 Å². The van der Waals surface area contributed by atoms with Crippen molar-refractivity contribution in [1.29, 1.82) is 0 Å². The van der Waals surface area contributed by atoms with Gasteiger partial charge in [0.2, 0.25) is 5.91 Å². The van der Waals surface area contributed by atoms with Gasteiger partial charge in [-0.1, -0.05) is 36.6 Å². The maximum absolute atomic E-state index is 12.2. The van der Waals surface area contributed by atoms with E-state index in [1.54, 1.807) is 0 Å². The minimum Gasteiger partial charge on any atom is -0.354 e. The van der Waals surface area contributed by atoms with Crippen molar-refractivity contribution in [3.8, 4) is 0 Å². The number of fused-ring (bicyclic) bond motifs is 1. The van der Waals surface area contributed by atoms with Crippen LogP contribution < -0.4 is 10.6 Å². The third-order valence-corrected chi connectivity index (χ3v) is 5.06. The highest BCUT2D eigenvalue weighted by Crippen LogP contribution is 2.33. The number of nitrogens with one attached hydrogen (secondary N) is 2. The molecule has 1 aromatic rings. The maximum atomic E-state index is 12.2. The topological polar surface area (TPSA) is 41.1 Å². The summed E-state index contributed by atoms with van der Waals surface area (Å²) in [6, 6.07) is 8.39. The largest absolute Gasteiger partial charge is 0.354 e. The van der Waals surface area contributed by atoms with Crippen molar-refractivity contribution in [2.24, 2.45) is 5.92 Å². The van der Waals surface area contributed by atoms with Gasteiger partial charge < -0.3 is 10.6 Å². The summed E-state index contributed by atoms with van der Waals surface area (Å²) in [6.45, 7) is 0.688. The van der Waals surface area contributed by atoms with E-state index in [4.69, 9.17) is 11.6 Å². The second kappa shape index (κ2) is 6.80. The van der Waals surface area contributed by atoms with Crippen molar-refractivity contribution in [1.82, 2.24) is 10.6 Å². The molecular weight excluding hydrogens is 284 g/mol. The highest BCUT2D eigenvalue weighted by Gasteiger charge is 2.37. The van der Waals surface area contributed by atoms with Gasteiger partial charge in [-0.25, -0.2) is 0 Å². The van der Waals surface area contributed by atoms with Crippen molar-refractivity contribution >= 4 is 17.5 Å². The summed E-state index contributed by atoms with van der Waals surface area (Å²) in [5, 5.41) is 7.33. The van der Waals surface area contributed by atoms with Gasteiger partial charge in [0.25, 0.3) is 0 Å². The summed E-state index contributed by atoms with van der Waals surface area (Å²) in [6.07, 6.45) is 7.01. The Balaban J connectivity index is 1.43. The van der Waals surface area contributed by atoms with Crippen molar-refractivity contribution in [3.63, 3.8) is 0 Å². The lowest BCUT2D eigenvalue weighted by Crippen LogP contribution is -2.43. The Morgan fingerprint density at radius 2 is 2.00 bits per heavy atom. The molecule has 0 radical (unpaired) electrons. The van der Waals surface area contributed by atoms with Crippen LogP contribution in [0.2, 0.25) is 5.02 Å². The summed E-state index contributed by atoms with van der Waals surface area (Å²) in [4.78, 5) is 12.2. The van der Waals surface area contributed by atoms with Crippen molar-refractivity contribution < 1.29 is 4.79 Å². The Morgan fingerprint density at radius 1 is 1.24 bits per heavy atom. The summed E-state index contributed by atoms with van der Waals surface area (Å²) < 4.78 is 0. The molecule has 2 N–H and O–H groups in total. The summed E-state index contributed by atoms with van der Waals surface area (Å²) in [5.41, 5.74) is 1.20. The van der Waals surface area contributed by atoms with Gasteiger partial charge >= 0.3 is 0 Å². The predicted molar refractivity (Wildman–Crippen MR) is 85.5 cm³/mol. The molecule has 2 fully saturated rings. The molecule has 1 amide bonds. The van der Waals surface area contributed by atoms with Gasteiger partial charge in [-0.2, -0.15) is 0 Å². The first-order valence-electron chi connectivity index (χ1n) is 8.00. The van der Waals surface area contributed by atoms with E-state index >= 15 is 0 Å². The molecule has 1 aliphatic carbocycles. The van der Waals surface area contributed by atoms with Gasteiger partial charge in [-0.05, 0) is 49.3 Å². The summed E-state index contributed by atoms with van der Waals surface area (Å²) in [7, 11) is 0. The van der Waals surface area contributed by atoms with E-state index in [9.17, 15) is 4.79 Å². The number of hydrogen-bond acceptors (Lipinski definition) is 2. The minimum absolute atomic E-state index is 0.0170. The monoisotopic (exact) mass is 306 g/mol. The van der Waals surface area contributed by atoms with Crippen LogP contribution in [0.1, 0.15) is 37.7 Å². The lowest BCUT2D eigenvalue weighted by Gasteiger charge is -2.24. The van der Waals surface area contributed by atoms with Crippen LogP contribution in [0.25, 0.3) is 0 Å². The third-order valence-electron chi connectivity index (χ3n) is 4.81. The molecule has 1 saturated carbocycles. The fourth-order valence-corrected chi connectivity index (χ4v) is 3.75. The molecule has 21 heavy (non-hydrogen) atoms. The number of benzene rings is 1. The number of carbonyl (C=O) groups excluding carboxylic acids is 1. The molecule has 0 bridgehead atoms. The smallest absolute Gasteiger partial charge is 0.237 e. The molecule has 0 aromatic heterocycles. The number of rotatable bonds is 4. The second-order valence-corrected chi connectivity index (χ2v) is 6.71. The van der Waals surface area contributed by atoms with Gasteiger partial charge in [-0.3, -0.25) is 4.79 Å². The third kappa shape index (κ3) is 3.78. The molecular formula is C17H23ClN2O. The maximum Gasteiger partial charge on any atom is 0.237 e. The van der Waals surface area contributed by atoms with Gasteiger partial charge in [0.15, 0.2) is 0 Å². The highest BCUT2D eigenvalue weighted by atomic mass is 35.5. The second-order valence-electron chi connectivity index (χ2n) is 6.27. The quantitative estimate of drug-likeness (QED) is 0.898. The lowest BCUT2D eigenvalue weighted by atomic mass is 9.85. The van der Waals surface area contributed by atoms with Gasteiger partial charge in [-0.15, -0.1) is 0 Å². The fourth-order valence-electron chi connectivity index (χ4n) is 3.63. The van der Waals surface area contributed by atoms with Gasteiger partial charge in [0, 0.05) is 17.6 Å².